The molecule has 1 fully saturated rings. The van der Waals surface area contributed by atoms with Crippen molar-refractivity contribution in [2.45, 2.75) is 18.8 Å². The first kappa shape index (κ1) is 10.9. The van der Waals surface area contributed by atoms with E-state index >= 15 is 0 Å². The van der Waals surface area contributed by atoms with Gasteiger partial charge < -0.3 is 5.73 Å². The Morgan fingerprint density at radius 2 is 2.00 bits per heavy atom. The summed E-state index contributed by atoms with van der Waals surface area (Å²) in [5.74, 6) is 1.93. The van der Waals surface area contributed by atoms with Crippen LogP contribution < -0.4 is 5.73 Å². The second-order valence-electron chi connectivity index (χ2n) is 4.96. The predicted molar refractivity (Wildman–Crippen MR) is 79.2 cm³/mol. The molecular weight excluding hydrogens is 254 g/mol. The molecule has 2 heterocycles. The summed E-state index contributed by atoms with van der Waals surface area (Å²) in [4.78, 5) is 9.11. The summed E-state index contributed by atoms with van der Waals surface area (Å²) in [5, 5.41) is 3.33. The molecule has 94 valence electrons. The Morgan fingerprint density at radius 3 is 2.84 bits per heavy atom. The number of fused-ring (bicyclic) bond motifs is 1. The average molecular weight is 267 g/mol. The number of nitrogens with zero attached hydrogens (tertiary/aromatic N) is 2. The standard InChI is InChI=1S/C15H13N3S/c16-14-7-12(9-5-6-9)17-15(18-14)11-8-19-13-4-2-1-3-10(11)13/h1-4,7-9H,5-6H2,(H2,16,17,18). The van der Waals surface area contributed by atoms with Gasteiger partial charge in [0.2, 0.25) is 0 Å². The number of hydrogen-bond acceptors (Lipinski definition) is 4. The summed E-state index contributed by atoms with van der Waals surface area (Å²) in [6, 6.07) is 10.3. The Kier molecular flexibility index (Phi) is 2.32. The van der Waals surface area contributed by atoms with Gasteiger partial charge in [-0.15, -0.1) is 11.3 Å². The van der Waals surface area contributed by atoms with Crippen molar-refractivity contribution in [2.75, 3.05) is 5.73 Å². The maximum Gasteiger partial charge on any atom is 0.163 e. The van der Waals surface area contributed by atoms with Gasteiger partial charge in [-0.05, 0) is 18.9 Å². The minimum atomic E-state index is 0.571. The van der Waals surface area contributed by atoms with E-state index in [2.05, 4.69) is 28.6 Å². The lowest BCUT2D eigenvalue weighted by Gasteiger charge is -2.04. The molecule has 1 saturated carbocycles. The van der Waals surface area contributed by atoms with Crippen LogP contribution in [0.4, 0.5) is 5.82 Å². The highest BCUT2D eigenvalue weighted by Gasteiger charge is 2.26. The van der Waals surface area contributed by atoms with E-state index in [0.717, 1.165) is 17.1 Å². The highest BCUT2D eigenvalue weighted by molar-refractivity contribution is 7.17. The fraction of sp³-hybridized carbons (Fsp3) is 0.200. The second-order valence-corrected chi connectivity index (χ2v) is 5.87. The SMILES string of the molecule is Nc1cc(C2CC2)nc(-c2csc3ccccc23)n1. The summed E-state index contributed by atoms with van der Waals surface area (Å²) in [5.41, 5.74) is 8.12. The first-order chi connectivity index (χ1) is 9.31. The van der Waals surface area contributed by atoms with Crippen molar-refractivity contribution < 1.29 is 0 Å². The third-order valence-electron chi connectivity index (χ3n) is 3.48. The van der Waals surface area contributed by atoms with E-state index in [1.807, 2.05) is 12.1 Å². The number of anilines is 1. The van der Waals surface area contributed by atoms with Crippen LogP contribution >= 0.6 is 11.3 Å². The minimum Gasteiger partial charge on any atom is -0.384 e. The van der Waals surface area contributed by atoms with Gasteiger partial charge in [0, 0.05) is 38.7 Å². The van der Waals surface area contributed by atoms with Crippen LogP contribution in [0.5, 0.6) is 0 Å². The molecule has 0 bridgehead atoms. The lowest BCUT2D eigenvalue weighted by atomic mass is 10.1. The van der Waals surface area contributed by atoms with Gasteiger partial charge >= 0.3 is 0 Å². The van der Waals surface area contributed by atoms with Crippen molar-refractivity contribution in [3.63, 3.8) is 0 Å². The van der Waals surface area contributed by atoms with Gasteiger partial charge in [-0.3, -0.25) is 0 Å². The Bertz CT molecular complexity index is 759. The second kappa shape index (κ2) is 4.03. The van der Waals surface area contributed by atoms with Gasteiger partial charge in [0.05, 0.1) is 0 Å². The molecule has 0 unspecified atom stereocenters. The van der Waals surface area contributed by atoms with Gasteiger partial charge in [0.25, 0.3) is 0 Å². The highest BCUT2D eigenvalue weighted by atomic mass is 32.1. The number of benzene rings is 1. The van der Waals surface area contributed by atoms with Crippen molar-refractivity contribution in [2.24, 2.45) is 0 Å². The number of nitrogen functional groups attached to an aromatic ring is 1. The molecule has 0 atom stereocenters. The molecule has 2 aromatic heterocycles. The quantitative estimate of drug-likeness (QED) is 0.768. The normalized spacial score (nSPS) is 14.9. The van der Waals surface area contributed by atoms with Crippen LogP contribution in [0.1, 0.15) is 24.5 Å². The van der Waals surface area contributed by atoms with E-state index in [-0.39, 0.29) is 0 Å². The van der Waals surface area contributed by atoms with Gasteiger partial charge in [0.1, 0.15) is 5.82 Å². The molecule has 0 spiro atoms. The molecule has 1 aliphatic rings. The molecule has 0 amide bonds. The maximum absolute atomic E-state index is 5.93. The fourth-order valence-corrected chi connectivity index (χ4v) is 3.28. The van der Waals surface area contributed by atoms with Crippen LogP contribution in [0.25, 0.3) is 21.5 Å². The summed E-state index contributed by atoms with van der Waals surface area (Å²) in [6.45, 7) is 0. The van der Waals surface area contributed by atoms with Gasteiger partial charge in [-0.1, -0.05) is 18.2 Å². The smallest absolute Gasteiger partial charge is 0.163 e. The van der Waals surface area contributed by atoms with Crippen LogP contribution in [0.3, 0.4) is 0 Å². The summed E-state index contributed by atoms with van der Waals surface area (Å²) in [7, 11) is 0. The van der Waals surface area contributed by atoms with E-state index in [9.17, 15) is 0 Å². The van der Waals surface area contributed by atoms with E-state index in [1.54, 1.807) is 11.3 Å². The molecular formula is C15H13N3S. The van der Waals surface area contributed by atoms with Gasteiger partial charge in [-0.2, -0.15) is 0 Å². The summed E-state index contributed by atoms with van der Waals surface area (Å²) in [6.07, 6.45) is 2.44. The number of rotatable bonds is 2. The summed E-state index contributed by atoms with van der Waals surface area (Å²) >= 11 is 1.72. The molecule has 4 heteroatoms. The average Bonchev–Trinajstić information content (AvgIpc) is 3.18. The van der Waals surface area contributed by atoms with Crippen molar-refractivity contribution in [3.8, 4) is 11.4 Å². The Morgan fingerprint density at radius 1 is 1.16 bits per heavy atom. The topological polar surface area (TPSA) is 51.8 Å². The molecule has 3 aromatic rings. The lowest BCUT2D eigenvalue weighted by molar-refractivity contribution is 1.000. The van der Waals surface area contributed by atoms with Crippen LogP contribution in [0.15, 0.2) is 35.7 Å². The van der Waals surface area contributed by atoms with E-state index in [4.69, 9.17) is 10.7 Å². The highest BCUT2D eigenvalue weighted by Crippen LogP contribution is 2.40. The van der Waals surface area contributed by atoms with Crippen LogP contribution in [0.2, 0.25) is 0 Å². The molecule has 0 radical (unpaired) electrons. The number of aromatic nitrogens is 2. The Labute approximate surface area is 115 Å². The maximum atomic E-state index is 5.93. The van der Waals surface area contributed by atoms with Gasteiger partial charge in [-0.25, -0.2) is 9.97 Å². The molecule has 4 rings (SSSR count). The van der Waals surface area contributed by atoms with E-state index in [0.29, 0.717) is 11.7 Å². The first-order valence-electron chi connectivity index (χ1n) is 6.42. The molecule has 2 N–H and O–H groups in total. The van der Waals surface area contributed by atoms with E-state index in [1.165, 1.54) is 22.9 Å². The Hall–Kier alpha value is -1.94. The summed E-state index contributed by atoms with van der Waals surface area (Å²) < 4.78 is 1.26. The van der Waals surface area contributed by atoms with Gasteiger partial charge in [0.15, 0.2) is 5.82 Å². The van der Waals surface area contributed by atoms with Crippen molar-refractivity contribution in [1.82, 2.24) is 9.97 Å². The van der Waals surface area contributed by atoms with Crippen molar-refractivity contribution in [3.05, 3.63) is 41.4 Å². The molecule has 0 aliphatic heterocycles. The Balaban J connectivity index is 1.91. The van der Waals surface area contributed by atoms with Crippen molar-refractivity contribution in [1.29, 1.82) is 0 Å². The molecule has 19 heavy (non-hydrogen) atoms. The number of thiophene rings is 1. The number of nitrogens with two attached hydrogens (primary N) is 1. The lowest BCUT2D eigenvalue weighted by Crippen LogP contribution is -1.99. The molecule has 0 saturated heterocycles. The molecule has 1 aliphatic carbocycles. The van der Waals surface area contributed by atoms with E-state index < -0.39 is 0 Å². The minimum absolute atomic E-state index is 0.571. The predicted octanol–water partition coefficient (Wildman–Crippen LogP) is 3.82. The zero-order valence-corrected chi connectivity index (χ0v) is 11.2. The number of hydrogen-bond donors (Lipinski definition) is 1. The zero-order chi connectivity index (χ0) is 12.8. The molecule has 3 nitrogen and oxygen atoms in total. The molecule has 1 aromatic carbocycles. The third-order valence-corrected chi connectivity index (χ3v) is 4.45. The fourth-order valence-electron chi connectivity index (χ4n) is 2.35. The van der Waals surface area contributed by atoms with Crippen LogP contribution in [-0.2, 0) is 0 Å². The monoisotopic (exact) mass is 267 g/mol. The third kappa shape index (κ3) is 1.88. The van der Waals surface area contributed by atoms with Crippen LogP contribution in [-0.4, -0.2) is 9.97 Å². The largest absolute Gasteiger partial charge is 0.384 e. The van der Waals surface area contributed by atoms with Crippen molar-refractivity contribution >= 4 is 27.2 Å². The van der Waals surface area contributed by atoms with Crippen LogP contribution in [0, 0.1) is 0 Å². The zero-order valence-electron chi connectivity index (χ0n) is 10.3. The first-order valence-corrected chi connectivity index (χ1v) is 7.30.